The molecule has 3 aromatic rings. The predicted molar refractivity (Wildman–Crippen MR) is 115 cm³/mol. The van der Waals surface area contributed by atoms with Crippen LogP contribution in [-0.4, -0.2) is 33.0 Å². The van der Waals surface area contributed by atoms with Gasteiger partial charge in [0.15, 0.2) is 21.3 Å². The molecule has 2 aromatic heterocycles. The van der Waals surface area contributed by atoms with Gasteiger partial charge >= 0.3 is 5.92 Å². The van der Waals surface area contributed by atoms with Gasteiger partial charge in [0, 0.05) is 26.6 Å². The summed E-state index contributed by atoms with van der Waals surface area (Å²) in [4.78, 5) is 35.9. The second kappa shape index (κ2) is 8.33. The number of benzene rings is 1. The molecule has 0 aliphatic carbocycles. The molecule has 0 radical (unpaired) electrons. The molecular formula is C21H23F2N5O2S. The van der Waals surface area contributed by atoms with Gasteiger partial charge in [-0.25, -0.2) is 9.97 Å². The Kier molecular flexibility index (Phi) is 5.74. The third kappa shape index (κ3) is 4.04. The quantitative estimate of drug-likeness (QED) is 0.628. The van der Waals surface area contributed by atoms with Crippen molar-refractivity contribution in [2.45, 2.75) is 44.7 Å². The summed E-state index contributed by atoms with van der Waals surface area (Å²) in [6, 6.07) is 9.18. The Morgan fingerprint density at radius 3 is 2.74 bits per heavy atom. The number of fused-ring (bicyclic) bond motifs is 1. The Labute approximate surface area is 181 Å². The zero-order valence-electron chi connectivity index (χ0n) is 17.3. The molecule has 1 saturated heterocycles. The molecule has 3 heterocycles. The van der Waals surface area contributed by atoms with Crippen LogP contribution in [0.2, 0.25) is 0 Å². The molecule has 1 aliphatic heterocycles. The lowest BCUT2D eigenvalue weighted by molar-refractivity contribution is -0.122. The van der Waals surface area contributed by atoms with E-state index in [1.807, 2.05) is 35.2 Å². The average Bonchev–Trinajstić information content (AvgIpc) is 3.42. The highest BCUT2D eigenvalue weighted by molar-refractivity contribution is 7.21. The smallest absolute Gasteiger partial charge is 0.304 e. The van der Waals surface area contributed by atoms with E-state index in [4.69, 9.17) is 0 Å². The Morgan fingerprint density at radius 2 is 2.03 bits per heavy atom. The Hall–Kier alpha value is -2.88. The number of anilines is 1. The zero-order valence-corrected chi connectivity index (χ0v) is 18.1. The van der Waals surface area contributed by atoms with Crippen molar-refractivity contribution >= 4 is 32.7 Å². The highest BCUT2D eigenvalue weighted by Gasteiger charge is 2.36. The van der Waals surface area contributed by atoms with Crippen LogP contribution in [-0.2, 0) is 24.3 Å². The van der Waals surface area contributed by atoms with E-state index < -0.39 is 29.8 Å². The molecule has 4 rings (SSSR count). The molecule has 0 saturated carbocycles. The SMILES string of the molecule is CCC(F)(F)c1nc2sc(N3CCC[C@@H]3C(=O)NCc3ccccc3)nc2c(=O)n1C. The van der Waals surface area contributed by atoms with Crippen LogP contribution in [0.3, 0.4) is 0 Å². The van der Waals surface area contributed by atoms with Crippen molar-refractivity contribution in [2.75, 3.05) is 11.4 Å². The number of halogens is 2. The summed E-state index contributed by atoms with van der Waals surface area (Å²) in [6.07, 6.45) is 0.991. The normalized spacial score (nSPS) is 16.8. The number of carbonyl (C=O) groups excluding carboxylic acids is 1. The van der Waals surface area contributed by atoms with Crippen molar-refractivity contribution in [3.05, 3.63) is 52.1 Å². The molecule has 1 N–H and O–H groups in total. The lowest BCUT2D eigenvalue weighted by Crippen LogP contribution is -2.43. The number of hydrogen-bond acceptors (Lipinski definition) is 6. The van der Waals surface area contributed by atoms with Crippen LogP contribution in [0.25, 0.3) is 10.3 Å². The minimum Gasteiger partial charge on any atom is -0.350 e. The lowest BCUT2D eigenvalue weighted by atomic mass is 10.2. The first-order valence-electron chi connectivity index (χ1n) is 10.2. The zero-order chi connectivity index (χ0) is 22.2. The molecule has 0 spiro atoms. The molecule has 1 amide bonds. The van der Waals surface area contributed by atoms with E-state index >= 15 is 0 Å². The third-order valence-electron chi connectivity index (χ3n) is 5.51. The molecule has 1 aromatic carbocycles. The average molecular weight is 448 g/mol. The van der Waals surface area contributed by atoms with E-state index in [-0.39, 0.29) is 16.3 Å². The molecule has 0 unspecified atom stereocenters. The summed E-state index contributed by atoms with van der Waals surface area (Å²) in [6.45, 7) is 2.36. The van der Waals surface area contributed by atoms with Crippen LogP contribution in [0.5, 0.6) is 0 Å². The lowest BCUT2D eigenvalue weighted by Gasteiger charge is -2.23. The van der Waals surface area contributed by atoms with Crippen LogP contribution in [0, 0.1) is 0 Å². The number of hydrogen-bond donors (Lipinski definition) is 1. The van der Waals surface area contributed by atoms with Gasteiger partial charge in [-0.15, -0.1) is 0 Å². The van der Waals surface area contributed by atoms with Gasteiger partial charge in [-0.2, -0.15) is 8.78 Å². The van der Waals surface area contributed by atoms with Crippen LogP contribution in [0.15, 0.2) is 35.1 Å². The van der Waals surface area contributed by atoms with Gasteiger partial charge < -0.3 is 10.2 Å². The molecule has 164 valence electrons. The van der Waals surface area contributed by atoms with Gasteiger partial charge in [0.1, 0.15) is 6.04 Å². The maximum Gasteiger partial charge on any atom is 0.304 e. The molecule has 10 heteroatoms. The monoisotopic (exact) mass is 447 g/mol. The first-order valence-corrected chi connectivity index (χ1v) is 11.0. The number of thiazole rings is 1. The van der Waals surface area contributed by atoms with Crippen LogP contribution in [0.1, 0.15) is 37.6 Å². The van der Waals surface area contributed by atoms with E-state index in [1.165, 1.54) is 14.0 Å². The van der Waals surface area contributed by atoms with Crippen molar-refractivity contribution in [3.8, 4) is 0 Å². The minimum atomic E-state index is -3.21. The first kappa shape index (κ1) is 21.4. The van der Waals surface area contributed by atoms with Crippen LogP contribution >= 0.6 is 11.3 Å². The Bertz CT molecular complexity index is 1160. The van der Waals surface area contributed by atoms with Crippen molar-refractivity contribution in [2.24, 2.45) is 7.05 Å². The fraction of sp³-hybridized carbons (Fsp3) is 0.429. The van der Waals surface area contributed by atoms with Gasteiger partial charge in [0.25, 0.3) is 5.56 Å². The van der Waals surface area contributed by atoms with Gasteiger partial charge in [-0.1, -0.05) is 48.6 Å². The Balaban J connectivity index is 1.61. The van der Waals surface area contributed by atoms with Crippen LogP contribution < -0.4 is 15.8 Å². The van der Waals surface area contributed by atoms with Crippen molar-refractivity contribution in [1.82, 2.24) is 19.9 Å². The first-order chi connectivity index (χ1) is 14.8. The highest BCUT2D eigenvalue weighted by Crippen LogP contribution is 2.34. The predicted octanol–water partition coefficient (Wildman–Crippen LogP) is 3.18. The molecule has 1 aliphatic rings. The number of rotatable bonds is 6. The second-order valence-electron chi connectivity index (χ2n) is 7.56. The van der Waals surface area contributed by atoms with Crippen molar-refractivity contribution < 1.29 is 13.6 Å². The van der Waals surface area contributed by atoms with E-state index in [1.54, 1.807) is 0 Å². The van der Waals surface area contributed by atoms with Gasteiger partial charge in [-0.05, 0) is 18.4 Å². The van der Waals surface area contributed by atoms with E-state index in [0.29, 0.717) is 24.6 Å². The number of alkyl halides is 2. The topological polar surface area (TPSA) is 80.1 Å². The summed E-state index contributed by atoms with van der Waals surface area (Å²) < 4.78 is 29.4. The molecule has 1 fully saturated rings. The maximum atomic E-state index is 14.3. The van der Waals surface area contributed by atoms with E-state index in [9.17, 15) is 18.4 Å². The molecule has 0 bridgehead atoms. The van der Waals surface area contributed by atoms with Crippen LogP contribution in [0.4, 0.5) is 13.9 Å². The molecule has 1 atom stereocenters. The minimum absolute atomic E-state index is 0.0495. The van der Waals surface area contributed by atoms with Crippen molar-refractivity contribution in [3.63, 3.8) is 0 Å². The number of nitrogens with one attached hydrogen (secondary N) is 1. The van der Waals surface area contributed by atoms with Gasteiger partial charge in [-0.3, -0.25) is 14.2 Å². The Morgan fingerprint density at radius 1 is 1.29 bits per heavy atom. The van der Waals surface area contributed by atoms with Crippen molar-refractivity contribution in [1.29, 1.82) is 0 Å². The fourth-order valence-corrected chi connectivity index (χ4v) is 4.73. The van der Waals surface area contributed by atoms with E-state index in [2.05, 4.69) is 15.3 Å². The molecule has 7 nitrogen and oxygen atoms in total. The third-order valence-corrected chi connectivity index (χ3v) is 6.50. The fourth-order valence-electron chi connectivity index (χ4n) is 3.72. The summed E-state index contributed by atoms with van der Waals surface area (Å²) >= 11 is 1.07. The number of nitrogens with zero attached hydrogens (tertiary/aromatic N) is 4. The second-order valence-corrected chi connectivity index (χ2v) is 8.52. The molecular weight excluding hydrogens is 424 g/mol. The maximum absolute atomic E-state index is 14.3. The number of aromatic nitrogens is 3. The molecule has 31 heavy (non-hydrogen) atoms. The van der Waals surface area contributed by atoms with Gasteiger partial charge in [0.2, 0.25) is 5.91 Å². The largest absolute Gasteiger partial charge is 0.350 e. The standard InChI is InChI=1S/C21H23F2N5O2S/c1-3-21(22,23)19-26-17-15(18(30)27(19)2)25-20(31-17)28-11-7-10-14(28)16(29)24-12-13-8-5-4-6-9-13/h4-6,8-9,14H,3,7,10-12H2,1-2H3,(H,24,29)/t14-/m1/s1. The van der Waals surface area contributed by atoms with E-state index in [0.717, 1.165) is 27.9 Å². The summed E-state index contributed by atoms with van der Waals surface area (Å²) in [5.74, 6) is -3.90. The van der Waals surface area contributed by atoms with Gasteiger partial charge in [0.05, 0.1) is 0 Å². The number of carbonyl (C=O) groups is 1. The summed E-state index contributed by atoms with van der Waals surface area (Å²) in [7, 11) is 1.28. The highest BCUT2D eigenvalue weighted by atomic mass is 32.1. The number of amides is 1. The summed E-state index contributed by atoms with van der Waals surface area (Å²) in [5, 5.41) is 3.40. The summed E-state index contributed by atoms with van der Waals surface area (Å²) in [5.41, 5.74) is 0.436.